The Hall–Kier alpha value is -2.88. The van der Waals surface area contributed by atoms with Crippen molar-refractivity contribution in [2.24, 2.45) is 0 Å². The van der Waals surface area contributed by atoms with E-state index in [9.17, 15) is 4.79 Å². The summed E-state index contributed by atoms with van der Waals surface area (Å²) in [6.45, 7) is 1.33. The molecule has 4 rings (SSSR count). The fourth-order valence-corrected chi connectivity index (χ4v) is 3.63. The van der Waals surface area contributed by atoms with Crippen LogP contribution in [0.4, 0.5) is 0 Å². The van der Waals surface area contributed by atoms with Crippen LogP contribution in [-0.4, -0.2) is 15.7 Å². The highest BCUT2D eigenvalue weighted by Gasteiger charge is 2.45. The van der Waals surface area contributed by atoms with Gasteiger partial charge in [-0.2, -0.15) is 5.10 Å². The molecule has 1 saturated carbocycles. The number of rotatable bonds is 6. The first-order valence-corrected chi connectivity index (χ1v) is 9.15. The Balaban J connectivity index is 1.38. The number of carbonyl (C=O) groups is 1. The van der Waals surface area contributed by atoms with E-state index in [0.717, 1.165) is 36.9 Å². The third kappa shape index (κ3) is 3.27. The van der Waals surface area contributed by atoms with Gasteiger partial charge in [-0.3, -0.25) is 9.48 Å². The third-order valence-corrected chi connectivity index (χ3v) is 5.35. The molecule has 0 saturated heterocycles. The van der Waals surface area contributed by atoms with Crippen molar-refractivity contribution in [3.05, 3.63) is 89.7 Å². The van der Waals surface area contributed by atoms with Gasteiger partial charge in [0.1, 0.15) is 0 Å². The summed E-state index contributed by atoms with van der Waals surface area (Å²) in [5, 5.41) is 7.37. The molecular formula is C22H23N3O. The summed E-state index contributed by atoms with van der Waals surface area (Å²) in [6, 6.07) is 20.4. The van der Waals surface area contributed by atoms with Gasteiger partial charge >= 0.3 is 0 Å². The van der Waals surface area contributed by atoms with Gasteiger partial charge in [0.05, 0.1) is 12.0 Å². The van der Waals surface area contributed by atoms with Gasteiger partial charge in [0.15, 0.2) is 0 Å². The lowest BCUT2D eigenvalue weighted by Crippen LogP contribution is -2.48. The molecule has 4 heteroatoms. The molecule has 1 aliphatic rings. The highest BCUT2D eigenvalue weighted by Crippen LogP contribution is 2.43. The van der Waals surface area contributed by atoms with Gasteiger partial charge in [0, 0.05) is 18.9 Å². The average Bonchev–Trinajstić information content (AvgIpc) is 3.14. The Morgan fingerprint density at radius 3 is 2.35 bits per heavy atom. The SMILES string of the molecule is O=C(NCc1ccc(Cn2cccn2)cc1)C1(c2ccccc2)CCC1. The number of aromatic nitrogens is 2. The maximum absolute atomic E-state index is 12.9. The molecule has 0 atom stereocenters. The van der Waals surface area contributed by atoms with Crippen molar-refractivity contribution in [1.82, 2.24) is 15.1 Å². The van der Waals surface area contributed by atoms with E-state index in [1.54, 1.807) is 6.20 Å². The highest BCUT2D eigenvalue weighted by atomic mass is 16.2. The molecule has 1 fully saturated rings. The second-order valence-electron chi connectivity index (χ2n) is 7.00. The molecule has 3 aromatic rings. The normalized spacial score (nSPS) is 15.2. The molecule has 0 aliphatic heterocycles. The molecule has 1 heterocycles. The Morgan fingerprint density at radius 1 is 1.00 bits per heavy atom. The Morgan fingerprint density at radius 2 is 1.73 bits per heavy atom. The molecule has 4 nitrogen and oxygen atoms in total. The summed E-state index contributed by atoms with van der Waals surface area (Å²) < 4.78 is 1.90. The van der Waals surface area contributed by atoms with Crippen molar-refractivity contribution in [2.75, 3.05) is 0 Å². The Kier molecular flexibility index (Phi) is 4.57. The smallest absolute Gasteiger partial charge is 0.230 e. The van der Waals surface area contributed by atoms with E-state index >= 15 is 0 Å². The number of nitrogens with zero attached hydrogens (tertiary/aromatic N) is 2. The largest absolute Gasteiger partial charge is 0.351 e. The van der Waals surface area contributed by atoms with Gasteiger partial charge in [0.25, 0.3) is 0 Å². The van der Waals surface area contributed by atoms with E-state index < -0.39 is 0 Å². The molecule has 1 N–H and O–H groups in total. The molecule has 0 unspecified atom stereocenters. The number of carbonyl (C=O) groups excluding carboxylic acids is 1. The Bertz CT molecular complexity index is 850. The quantitative estimate of drug-likeness (QED) is 0.741. The fourth-order valence-electron chi connectivity index (χ4n) is 3.63. The first kappa shape index (κ1) is 16.6. The van der Waals surface area contributed by atoms with Gasteiger partial charge in [0.2, 0.25) is 5.91 Å². The second kappa shape index (κ2) is 7.16. The zero-order chi connectivity index (χ0) is 17.8. The molecule has 132 valence electrons. The predicted octanol–water partition coefficient (Wildman–Crippen LogP) is 3.67. The van der Waals surface area contributed by atoms with Crippen molar-refractivity contribution in [1.29, 1.82) is 0 Å². The number of hydrogen-bond acceptors (Lipinski definition) is 2. The zero-order valence-corrected chi connectivity index (χ0v) is 14.8. The van der Waals surface area contributed by atoms with Crippen LogP contribution in [0.5, 0.6) is 0 Å². The van der Waals surface area contributed by atoms with Crippen LogP contribution < -0.4 is 5.32 Å². The maximum Gasteiger partial charge on any atom is 0.230 e. The van der Waals surface area contributed by atoms with E-state index in [1.165, 1.54) is 5.56 Å². The van der Waals surface area contributed by atoms with Crippen LogP contribution in [0.15, 0.2) is 73.1 Å². The monoisotopic (exact) mass is 345 g/mol. The topological polar surface area (TPSA) is 46.9 Å². The first-order chi connectivity index (χ1) is 12.8. The summed E-state index contributed by atoms with van der Waals surface area (Å²) in [4.78, 5) is 12.9. The van der Waals surface area contributed by atoms with E-state index in [-0.39, 0.29) is 11.3 Å². The number of benzene rings is 2. The first-order valence-electron chi connectivity index (χ1n) is 9.15. The lowest BCUT2D eigenvalue weighted by molar-refractivity contribution is -0.130. The number of nitrogens with one attached hydrogen (secondary N) is 1. The van der Waals surface area contributed by atoms with Crippen molar-refractivity contribution in [2.45, 2.75) is 37.8 Å². The van der Waals surface area contributed by atoms with Gasteiger partial charge in [-0.05, 0) is 35.6 Å². The van der Waals surface area contributed by atoms with Gasteiger partial charge in [-0.15, -0.1) is 0 Å². The van der Waals surface area contributed by atoms with Crippen LogP contribution in [-0.2, 0) is 23.3 Å². The standard InChI is InChI=1S/C22H23N3O/c26-21(22(12-4-13-22)20-6-2-1-3-7-20)23-16-18-8-10-19(11-9-18)17-25-15-5-14-24-25/h1-3,5-11,14-15H,4,12-13,16-17H2,(H,23,26). The Labute approximate surface area is 153 Å². The van der Waals surface area contributed by atoms with Crippen molar-refractivity contribution >= 4 is 5.91 Å². The molecule has 0 radical (unpaired) electrons. The van der Waals surface area contributed by atoms with Crippen LogP contribution in [0.1, 0.15) is 36.0 Å². The van der Waals surface area contributed by atoms with Crippen molar-refractivity contribution < 1.29 is 4.79 Å². The minimum atomic E-state index is -0.332. The molecule has 1 aromatic heterocycles. The van der Waals surface area contributed by atoms with E-state index in [4.69, 9.17) is 0 Å². The molecule has 0 bridgehead atoms. The summed E-state index contributed by atoms with van der Waals surface area (Å²) in [5.41, 5.74) is 3.12. The van der Waals surface area contributed by atoms with Crippen LogP contribution in [0.2, 0.25) is 0 Å². The highest BCUT2D eigenvalue weighted by molar-refractivity contribution is 5.89. The van der Waals surface area contributed by atoms with E-state index in [1.807, 2.05) is 35.1 Å². The third-order valence-electron chi connectivity index (χ3n) is 5.35. The predicted molar refractivity (Wildman–Crippen MR) is 102 cm³/mol. The van der Waals surface area contributed by atoms with Crippen LogP contribution in [0.3, 0.4) is 0 Å². The van der Waals surface area contributed by atoms with E-state index in [0.29, 0.717) is 6.54 Å². The average molecular weight is 345 g/mol. The van der Waals surface area contributed by atoms with Gasteiger partial charge < -0.3 is 5.32 Å². The molecule has 1 amide bonds. The lowest BCUT2D eigenvalue weighted by atomic mass is 9.64. The molecule has 1 aliphatic carbocycles. The minimum Gasteiger partial charge on any atom is -0.351 e. The summed E-state index contributed by atoms with van der Waals surface area (Å²) in [6.07, 6.45) is 6.73. The molecule has 26 heavy (non-hydrogen) atoms. The van der Waals surface area contributed by atoms with Crippen LogP contribution in [0, 0.1) is 0 Å². The lowest BCUT2D eigenvalue weighted by Gasteiger charge is -2.40. The number of hydrogen-bond donors (Lipinski definition) is 1. The summed E-state index contributed by atoms with van der Waals surface area (Å²) in [5.74, 6) is 0.149. The zero-order valence-electron chi connectivity index (χ0n) is 14.8. The molecular weight excluding hydrogens is 322 g/mol. The van der Waals surface area contributed by atoms with Gasteiger partial charge in [-0.1, -0.05) is 61.0 Å². The van der Waals surface area contributed by atoms with E-state index in [2.05, 4.69) is 46.8 Å². The fraction of sp³-hybridized carbons (Fsp3) is 0.273. The van der Waals surface area contributed by atoms with Crippen LogP contribution >= 0.6 is 0 Å². The summed E-state index contributed by atoms with van der Waals surface area (Å²) in [7, 11) is 0. The van der Waals surface area contributed by atoms with Crippen molar-refractivity contribution in [3.63, 3.8) is 0 Å². The second-order valence-corrected chi connectivity index (χ2v) is 7.00. The van der Waals surface area contributed by atoms with Crippen molar-refractivity contribution in [3.8, 4) is 0 Å². The molecule has 0 spiro atoms. The molecule has 2 aromatic carbocycles. The van der Waals surface area contributed by atoms with Crippen LogP contribution in [0.25, 0.3) is 0 Å². The van der Waals surface area contributed by atoms with Gasteiger partial charge in [-0.25, -0.2) is 0 Å². The number of amides is 1. The summed E-state index contributed by atoms with van der Waals surface area (Å²) >= 11 is 0. The minimum absolute atomic E-state index is 0.149. The maximum atomic E-state index is 12.9.